The zero-order valence-corrected chi connectivity index (χ0v) is 20.0. The Labute approximate surface area is 199 Å². The molecule has 1 aromatic heterocycles. The van der Waals surface area contributed by atoms with Crippen LogP contribution in [0.25, 0.3) is 16.9 Å². The maximum Gasteiger partial charge on any atom is 0.269 e. The monoisotopic (exact) mass is 564 g/mol. The first-order valence-electron chi connectivity index (χ1n) is 8.53. The number of benzene rings is 3. The molecule has 4 aromatic rings. The van der Waals surface area contributed by atoms with Crippen LogP contribution in [0.1, 0.15) is 0 Å². The van der Waals surface area contributed by atoms with E-state index in [0.29, 0.717) is 0 Å². The van der Waals surface area contributed by atoms with Gasteiger partial charge in [-0.05, 0) is 54.1 Å². The molecule has 0 atom stereocenters. The van der Waals surface area contributed by atoms with Crippen LogP contribution in [-0.2, 0) is 0 Å². The molecule has 0 radical (unpaired) electrons. The van der Waals surface area contributed by atoms with Crippen LogP contribution < -0.4 is 17.2 Å². The third-order valence-electron chi connectivity index (χ3n) is 4.18. The lowest BCUT2D eigenvalue weighted by atomic mass is 10.1. The SMILES string of the molecule is O=[N+]([O-])c1ccc(-c2csc(=Nc3cccc(Br)c3)n2-c2cccc(Br)c2)cc1.[Cl-]. The molecule has 0 aliphatic rings. The second kappa shape index (κ2) is 9.70. The number of non-ortho nitro benzene ring substituents is 1. The van der Waals surface area contributed by atoms with Crippen molar-refractivity contribution < 1.29 is 17.3 Å². The normalized spacial score (nSPS) is 11.2. The van der Waals surface area contributed by atoms with Gasteiger partial charge in [0.1, 0.15) is 0 Å². The predicted octanol–water partition coefficient (Wildman–Crippen LogP) is 3.88. The topological polar surface area (TPSA) is 60.4 Å². The molecule has 0 bridgehead atoms. The molecule has 5 nitrogen and oxygen atoms in total. The molecule has 9 heteroatoms. The Morgan fingerprint density at radius 1 is 0.933 bits per heavy atom. The van der Waals surface area contributed by atoms with E-state index in [9.17, 15) is 10.1 Å². The Bertz CT molecular complexity index is 1270. The lowest BCUT2D eigenvalue weighted by molar-refractivity contribution is -0.384. The van der Waals surface area contributed by atoms with Crippen LogP contribution in [0.5, 0.6) is 0 Å². The molecular formula is C21H13Br2ClN3O2S-. The molecule has 0 saturated carbocycles. The van der Waals surface area contributed by atoms with E-state index in [2.05, 4.69) is 36.4 Å². The maximum absolute atomic E-state index is 11.0. The molecule has 152 valence electrons. The van der Waals surface area contributed by atoms with E-state index < -0.39 is 4.92 Å². The third kappa shape index (κ3) is 4.89. The van der Waals surface area contributed by atoms with Gasteiger partial charge in [0, 0.05) is 32.1 Å². The van der Waals surface area contributed by atoms with Crippen molar-refractivity contribution in [1.82, 2.24) is 4.57 Å². The standard InChI is InChI=1S/C21H13Br2N3O2S.ClH/c22-15-3-1-5-17(11-15)24-21-25(19-6-2-4-16(23)12-19)20(13-29-21)14-7-9-18(10-8-14)26(27)28;/h1-13H;1H/p-1. The van der Waals surface area contributed by atoms with Gasteiger partial charge in [0.25, 0.3) is 5.69 Å². The molecule has 3 aromatic carbocycles. The van der Waals surface area contributed by atoms with Crippen molar-refractivity contribution in [3.8, 4) is 16.9 Å². The van der Waals surface area contributed by atoms with E-state index >= 15 is 0 Å². The molecule has 0 N–H and O–H groups in total. The van der Waals surface area contributed by atoms with Gasteiger partial charge < -0.3 is 12.4 Å². The maximum atomic E-state index is 11.0. The number of nitrogens with zero attached hydrogens (tertiary/aromatic N) is 3. The molecule has 0 amide bonds. The summed E-state index contributed by atoms with van der Waals surface area (Å²) in [6.45, 7) is 0. The minimum absolute atomic E-state index is 0. The van der Waals surface area contributed by atoms with Crippen molar-refractivity contribution in [2.75, 3.05) is 0 Å². The smallest absolute Gasteiger partial charge is 0.269 e. The van der Waals surface area contributed by atoms with Crippen LogP contribution >= 0.6 is 43.2 Å². The Balaban J connectivity index is 0.00000256. The van der Waals surface area contributed by atoms with Gasteiger partial charge in [-0.1, -0.05) is 44.0 Å². The van der Waals surface area contributed by atoms with Crippen LogP contribution in [-0.4, -0.2) is 9.49 Å². The quantitative estimate of drug-likeness (QED) is 0.278. The molecule has 0 saturated heterocycles. The lowest BCUT2D eigenvalue weighted by Crippen LogP contribution is -3.00. The molecule has 0 fully saturated rings. The summed E-state index contributed by atoms with van der Waals surface area (Å²) in [5.41, 5.74) is 3.64. The van der Waals surface area contributed by atoms with Crippen molar-refractivity contribution >= 4 is 54.6 Å². The summed E-state index contributed by atoms with van der Waals surface area (Å²) in [7, 11) is 0. The minimum Gasteiger partial charge on any atom is -1.00 e. The van der Waals surface area contributed by atoms with Crippen LogP contribution in [0.3, 0.4) is 0 Å². The highest BCUT2D eigenvalue weighted by molar-refractivity contribution is 9.10. The van der Waals surface area contributed by atoms with Gasteiger partial charge in [-0.3, -0.25) is 14.7 Å². The van der Waals surface area contributed by atoms with Gasteiger partial charge in [0.05, 0.1) is 16.3 Å². The molecule has 0 aliphatic heterocycles. The Morgan fingerprint density at radius 3 is 2.23 bits per heavy atom. The lowest BCUT2D eigenvalue weighted by Gasteiger charge is -2.10. The van der Waals surface area contributed by atoms with E-state index in [0.717, 1.165) is 36.4 Å². The first-order valence-corrected chi connectivity index (χ1v) is 11.0. The summed E-state index contributed by atoms with van der Waals surface area (Å²) in [5, 5.41) is 13.0. The number of hydrogen-bond donors (Lipinski definition) is 0. The summed E-state index contributed by atoms with van der Waals surface area (Å²) < 4.78 is 3.97. The van der Waals surface area contributed by atoms with Crippen LogP contribution in [0.2, 0.25) is 0 Å². The average Bonchev–Trinajstić information content (AvgIpc) is 3.11. The highest BCUT2D eigenvalue weighted by Crippen LogP contribution is 2.27. The summed E-state index contributed by atoms with van der Waals surface area (Å²) in [6, 6.07) is 22.3. The van der Waals surface area contributed by atoms with Gasteiger partial charge in [-0.25, -0.2) is 4.99 Å². The largest absolute Gasteiger partial charge is 1.00 e. The third-order valence-corrected chi connectivity index (χ3v) is 5.99. The fourth-order valence-corrected chi connectivity index (χ4v) is 4.57. The van der Waals surface area contributed by atoms with Gasteiger partial charge in [-0.15, -0.1) is 11.3 Å². The summed E-state index contributed by atoms with van der Waals surface area (Å²) in [5.74, 6) is 0. The van der Waals surface area contributed by atoms with E-state index in [-0.39, 0.29) is 18.1 Å². The second-order valence-electron chi connectivity index (χ2n) is 6.11. The average molecular weight is 567 g/mol. The first kappa shape index (κ1) is 22.4. The number of halogens is 3. The van der Waals surface area contributed by atoms with Crippen LogP contribution in [0.15, 0.2) is 92.1 Å². The predicted molar refractivity (Wildman–Crippen MR) is 123 cm³/mol. The summed E-state index contributed by atoms with van der Waals surface area (Å²) >= 11 is 8.53. The van der Waals surface area contributed by atoms with Crippen molar-refractivity contribution in [2.45, 2.75) is 0 Å². The zero-order valence-electron chi connectivity index (χ0n) is 15.2. The van der Waals surface area contributed by atoms with Gasteiger partial charge >= 0.3 is 0 Å². The molecule has 0 spiro atoms. The molecule has 4 rings (SSSR count). The first-order chi connectivity index (χ1) is 14.0. The van der Waals surface area contributed by atoms with Crippen molar-refractivity contribution in [3.63, 3.8) is 0 Å². The van der Waals surface area contributed by atoms with Crippen molar-refractivity contribution in [2.24, 2.45) is 4.99 Å². The Hall–Kier alpha value is -2.26. The van der Waals surface area contributed by atoms with E-state index in [1.165, 1.54) is 23.5 Å². The van der Waals surface area contributed by atoms with Gasteiger partial charge in [-0.2, -0.15) is 0 Å². The number of rotatable bonds is 4. The van der Waals surface area contributed by atoms with Crippen molar-refractivity contribution in [3.05, 3.63) is 102 Å². The highest BCUT2D eigenvalue weighted by atomic mass is 79.9. The molecule has 0 unspecified atom stereocenters. The molecule has 0 aliphatic carbocycles. The number of hydrogen-bond acceptors (Lipinski definition) is 4. The van der Waals surface area contributed by atoms with Gasteiger partial charge in [0.2, 0.25) is 0 Å². The molecule has 1 heterocycles. The highest BCUT2D eigenvalue weighted by Gasteiger charge is 2.12. The fraction of sp³-hybridized carbons (Fsp3) is 0. The number of thiazole rings is 1. The number of nitro benzene ring substituents is 1. The zero-order chi connectivity index (χ0) is 20.4. The van der Waals surface area contributed by atoms with Crippen molar-refractivity contribution in [1.29, 1.82) is 0 Å². The summed E-state index contributed by atoms with van der Waals surface area (Å²) in [6.07, 6.45) is 0. The van der Waals surface area contributed by atoms with Crippen LogP contribution in [0.4, 0.5) is 11.4 Å². The van der Waals surface area contributed by atoms with Gasteiger partial charge in [0.15, 0.2) is 4.80 Å². The number of nitro groups is 1. The summed E-state index contributed by atoms with van der Waals surface area (Å²) in [4.78, 5) is 16.2. The Kier molecular flexibility index (Phi) is 7.25. The van der Waals surface area contributed by atoms with E-state index in [1.54, 1.807) is 12.1 Å². The molecular weight excluding hydrogens is 554 g/mol. The minimum atomic E-state index is -0.395. The fourth-order valence-electron chi connectivity index (χ4n) is 2.87. The Morgan fingerprint density at radius 2 is 1.60 bits per heavy atom. The van der Waals surface area contributed by atoms with E-state index in [4.69, 9.17) is 4.99 Å². The van der Waals surface area contributed by atoms with E-state index in [1.807, 2.05) is 53.9 Å². The second-order valence-corrected chi connectivity index (χ2v) is 8.78. The van der Waals surface area contributed by atoms with Crippen LogP contribution in [0, 0.1) is 10.1 Å². The number of aromatic nitrogens is 1. The molecule has 30 heavy (non-hydrogen) atoms.